The molecule has 0 aliphatic carbocycles. The highest BCUT2D eigenvalue weighted by Crippen LogP contribution is 2.19. The van der Waals surface area contributed by atoms with E-state index in [4.69, 9.17) is 0 Å². The van der Waals surface area contributed by atoms with Gasteiger partial charge in [-0.1, -0.05) is 12.8 Å². The highest BCUT2D eigenvalue weighted by atomic mass is 32.2. The third-order valence-corrected chi connectivity index (χ3v) is 5.48. The molecule has 0 aromatic carbocycles. The summed E-state index contributed by atoms with van der Waals surface area (Å²) in [6.07, 6.45) is 8.20. The van der Waals surface area contributed by atoms with Gasteiger partial charge >= 0.3 is 0 Å². The van der Waals surface area contributed by atoms with Gasteiger partial charge in [-0.2, -0.15) is 9.40 Å². The largest absolute Gasteiger partial charge is 0.320 e. The molecule has 1 aliphatic rings. The van der Waals surface area contributed by atoms with Crippen molar-refractivity contribution in [3.63, 3.8) is 0 Å². The molecule has 1 aromatic heterocycles. The fraction of sp³-hybridized carbons (Fsp3) is 0.769. The Hall–Kier alpha value is -0.920. The van der Waals surface area contributed by atoms with Crippen molar-refractivity contribution in [2.45, 2.75) is 43.5 Å². The predicted octanol–water partition coefficient (Wildman–Crippen LogP) is 1.06. The number of hydrogen-bond acceptors (Lipinski definition) is 4. The summed E-state index contributed by atoms with van der Waals surface area (Å²) in [5.41, 5.74) is 0. The van der Waals surface area contributed by atoms with Crippen LogP contribution < -0.4 is 5.32 Å². The standard InChI is InChI=1S/C13H24N4O2S/c1-14-7-6-8-16-12-13(11-15-16)20(18,19)17-9-4-2-3-5-10-17/h11-12,14H,2-10H2,1H3. The molecule has 1 fully saturated rings. The summed E-state index contributed by atoms with van der Waals surface area (Å²) in [7, 11) is -1.46. The molecule has 6 nitrogen and oxygen atoms in total. The maximum atomic E-state index is 12.5. The van der Waals surface area contributed by atoms with Crippen LogP contribution in [0.5, 0.6) is 0 Å². The van der Waals surface area contributed by atoms with Crippen LogP contribution in [0.1, 0.15) is 32.1 Å². The Bertz CT molecular complexity index is 504. The summed E-state index contributed by atoms with van der Waals surface area (Å²) in [5, 5.41) is 7.22. The molecule has 0 unspecified atom stereocenters. The fourth-order valence-corrected chi connectivity index (χ4v) is 3.92. The van der Waals surface area contributed by atoms with Crippen LogP contribution in [0.3, 0.4) is 0 Å². The van der Waals surface area contributed by atoms with Gasteiger partial charge in [-0.3, -0.25) is 4.68 Å². The van der Waals surface area contributed by atoms with Gasteiger partial charge in [0.1, 0.15) is 4.90 Å². The average Bonchev–Trinajstić information content (AvgIpc) is 2.73. The maximum absolute atomic E-state index is 12.5. The lowest BCUT2D eigenvalue weighted by atomic mass is 10.2. The molecule has 1 aliphatic heterocycles. The lowest BCUT2D eigenvalue weighted by Crippen LogP contribution is -2.31. The quantitative estimate of drug-likeness (QED) is 0.798. The summed E-state index contributed by atoms with van der Waals surface area (Å²) < 4.78 is 28.4. The number of rotatable bonds is 6. The molecule has 114 valence electrons. The summed E-state index contributed by atoms with van der Waals surface area (Å²) in [5.74, 6) is 0. The zero-order valence-electron chi connectivity index (χ0n) is 12.1. The first-order chi connectivity index (χ1) is 9.64. The van der Waals surface area contributed by atoms with E-state index in [1.807, 2.05) is 7.05 Å². The highest BCUT2D eigenvalue weighted by molar-refractivity contribution is 7.89. The van der Waals surface area contributed by atoms with Crippen LogP contribution in [0.2, 0.25) is 0 Å². The van der Waals surface area contributed by atoms with E-state index < -0.39 is 10.0 Å². The van der Waals surface area contributed by atoms with Gasteiger partial charge in [0, 0.05) is 25.8 Å². The number of nitrogens with zero attached hydrogens (tertiary/aromatic N) is 3. The first kappa shape index (κ1) is 15.5. The third kappa shape index (κ3) is 3.80. The minimum absolute atomic E-state index is 0.323. The van der Waals surface area contributed by atoms with E-state index >= 15 is 0 Å². The van der Waals surface area contributed by atoms with Crippen LogP contribution in [-0.4, -0.2) is 49.2 Å². The van der Waals surface area contributed by atoms with Gasteiger partial charge in [-0.25, -0.2) is 8.42 Å². The summed E-state index contributed by atoms with van der Waals surface area (Å²) >= 11 is 0. The Labute approximate surface area is 121 Å². The number of aryl methyl sites for hydroxylation is 1. The zero-order valence-corrected chi connectivity index (χ0v) is 12.9. The van der Waals surface area contributed by atoms with Crippen molar-refractivity contribution >= 4 is 10.0 Å². The number of aromatic nitrogens is 2. The molecule has 2 rings (SSSR count). The lowest BCUT2D eigenvalue weighted by molar-refractivity contribution is 0.423. The van der Waals surface area contributed by atoms with E-state index in [2.05, 4.69) is 10.4 Å². The van der Waals surface area contributed by atoms with E-state index in [9.17, 15) is 8.42 Å². The van der Waals surface area contributed by atoms with Crippen molar-refractivity contribution in [2.75, 3.05) is 26.7 Å². The van der Waals surface area contributed by atoms with E-state index in [0.717, 1.165) is 45.2 Å². The number of nitrogens with one attached hydrogen (secondary N) is 1. The van der Waals surface area contributed by atoms with E-state index in [-0.39, 0.29) is 0 Å². The van der Waals surface area contributed by atoms with E-state index in [1.54, 1.807) is 15.2 Å². The molecule has 7 heteroatoms. The van der Waals surface area contributed by atoms with Crippen molar-refractivity contribution in [1.82, 2.24) is 19.4 Å². The van der Waals surface area contributed by atoms with Crippen LogP contribution in [0.15, 0.2) is 17.3 Å². The van der Waals surface area contributed by atoms with Crippen molar-refractivity contribution < 1.29 is 8.42 Å². The Kier molecular flexibility index (Phi) is 5.56. The van der Waals surface area contributed by atoms with Gasteiger partial charge in [0.15, 0.2) is 0 Å². The van der Waals surface area contributed by atoms with Gasteiger partial charge in [0.05, 0.1) is 6.20 Å². The molecule has 0 amide bonds. The molecule has 0 radical (unpaired) electrons. The van der Waals surface area contributed by atoms with Gasteiger partial charge < -0.3 is 5.32 Å². The van der Waals surface area contributed by atoms with Crippen molar-refractivity contribution in [2.24, 2.45) is 0 Å². The monoisotopic (exact) mass is 300 g/mol. The molecular formula is C13H24N4O2S. The summed E-state index contributed by atoms with van der Waals surface area (Å²) in [4.78, 5) is 0.323. The Morgan fingerprint density at radius 1 is 1.25 bits per heavy atom. The second-order valence-electron chi connectivity index (χ2n) is 5.21. The Morgan fingerprint density at radius 3 is 2.60 bits per heavy atom. The minimum atomic E-state index is -3.36. The van der Waals surface area contributed by atoms with Crippen LogP contribution in [0.25, 0.3) is 0 Å². The first-order valence-corrected chi connectivity index (χ1v) is 8.76. The van der Waals surface area contributed by atoms with Crippen LogP contribution in [-0.2, 0) is 16.6 Å². The van der Waals surface area contributed by atoms with Crippen molar-refractivity contribution in [3.05, 3.63) is 12.4 Å². The number of sulfonamides is 1. The Morgan fingerprint density at radius 2 is 1.95 bits per heavy atom. The smallest absolute Gasteiger partial charge is 0.246 e. The first-order valence-electron chi connectivity index (χ1n) is 7.32. The van der Waals surface area contributed by atoms with Gasteiger partial charge in [0.2, 0.25) is 10.0 Å². The zero-order chi connectivity index (χ0) is 14.4. The predicted molar refractivity (Wildman–Crippen MR) is 78.0 cm³/mol. The molecule has 1 aromatic rings. The summed E-state index contributed by atoms with van der Waals surface area (Å²) in [6.45, 7) is 2.89. The Balaban J connectivity index is 2.05. The third-order valence-electron chi connectivity index (χ3n) is 3.63. The molecule has 0 saturated carbocycles. The van der Waals surface area contributed by atoms with Gasteiger partial charge in [0.25, 0.3) is 0 Å². The molecule has 0 bridgehead atoms. The van der Waals surface area contributed by atoms with Crippen molar-refractivity contribution in [3.8, 4) is 0 Å². The van der Waals surface area contributed by atoms with E-state index in [0.29, 0.717) is 18.0 Å². The topological polar surface area (TPSA) is 67.2 Å². The molecule has 0 atom stereocenters. The van der Waals surface area contributed by atoms with Gasteiger partial charge in [-0.05, 0) is 32.9 Å². The van der Waals surface area contributed by atoms with E-state index in [1.165, 1.54) is 6.20 Å². The SMILES string of the molecule is CNCCCn1cc(S(=O)(=O)N2CCCCCC2)cn1. The highest BCUT2D eigenvalue weighted by Gasteiger charge is 2.26. The molecule has 2 heterocycles. The van der Waals surface area contributed by atoms with Crippen LogP contribution in [0, 0.1) is 0 Å². The average molecular weight is 300 g/mol. The van der Waals surface area contributed by atoms with Crippen LogP contribution >= 0.6 is 0 Å². The van der Waals surface area contributed by atoms with Crippen molar-refractivity contribution in [1.29, 1.82) is 0 Å². The summed E-state index contributed by atoms with van der Waals surface area (Å²) in [6, 6.07) is 0. The molecule has 20 heavy (non-hydrogen) atoms. The second kappa shape index (κ2) is 7.19. The lowest BCUT2D eigenvalue weighted by Gasteiger charge is -2.18. The normalized spacial score (nSPS) is 18.1. The molecule has 0 spiro atoms. The fourth-order valence-electron chi connectivity index (χ4n) is 2.45. The second-order valence-corrected chi connectivity index (χ2v) is 7.15. The number of hydrogen-bond donors (Lipinski definition) is 1. The van der Waals surface area contributed by atoms with Gasteiger partial charge in [-0.15, -0.1) is 0 Å². The molecule has 1 N–H and O–H groups in total. The molecular weight excluding hydrogens is 276 g/mol. The maximum Gasteiger partial charge on any atom is 0.246 e. The minimum Gasteiger partial charge on any atom is -0.320 e. The van der Waals surface area contributed by atoms with Crippen LogP contribution in [0.4, 0.5) is 0 Å². The molecule has 1 saturated heterocycles.